The molecule has 26 heavy (non-hydrogen) atoms. The van der Waals surface area contributed by atoms with Gasteiger partial charge in [-0.15, -0.1) is 0 Å². The normalized spacial score (nSPS) is 10.5. The van der Waals surface area contributed by atoms with E-state index in [0.717, 1.165) is 5.56 Å². The van der Waals surface area contributed by atoms with Gasteiger partial charge >= 0.3 is 5.97 Å². The van der Waals surface area contributed by atoms with Gasteiger partial charge in [0.15, 0.2) is 5.57 Å². The van der Waals surface area contributed by atoms with Gasteiger partial charge in [-0.25, -0.2) is 4.79 Å². The molecule has 0 unspecified atom stereocenters. The van der Waals surface area contributed by atoms with E-state index in [2.05, 4.69) is 15.4 Å². The summed E-state index contributed by atoms with van der Waals surface area (Å²) in [6.45, 7) is 0. The molecule has 2 aromatic carbocycles. The minimum atomic E-state index is -0.706. The minimum Gasteiger partial charge on any atom is -0.465 e. The first-order chi connectivity index (χ1) is 12.6. The highest BCUT2D eigenvalue weighted by Gasteiger charge is 2.08. The zero-order chi connectivity index (χ0) is 18.8. The molecule has 0 aliphatic carbocycles. The second kappa shape index (κ2) is 9.64. The maximum atomic E-state index is 12.0. The third-order valence-electron chi connectivity index (χ3n) is 3.56. The summed E-state index contributed by atoms with van der Waals surface area (Å²) in [5.74, 6) is -0.769. The summed E-state index contributed by atoms with van der Waals surface area (Å²) in [5.41, 5.74) is 2.33. The Balaban J connectivity index is 1.87. The predicted molar refractivity (Wildman–Crippen MR) is 99.2 cm³/mol. The molecule has 2 aromatic rings. The number of nitrogens with one attached hydrogen (secondary N) is 2. The van der Waals surface area contributed by atoms with Gasteiger partial charge in [0.25, 0.3) is 0 Å². The molecule has 0 saturated heterocycles. The van der Waals surface area contributed by atoms with Crippen molar-refractivity contribution in [1.82, 2.24) is 0 Å². The molecule has 0 aromatic heterocycles. The average molecular weight is 349 g/mol. The predicted octanol–water partition coefficient (Wildman–Crippen LogP) is 3.25. The topological polar surface area (TPSA) is 91.2 Å². The third kappa shape index (κ3) is 5.80. The highest BCUT2D eigenvalue weighted by Crippen LogP contribution is 2.15. The number of nitriles is 1. The summed E-state index contributed by atoms with van der Waals surface area (Å²) in [6, 6.07) is 18.5. The largest absolute Gasteiger partial charge is 0.465 e. The Bertz CT molecular complexity index is 822. The first-order valence-corrected chi connectivity index (χ1v) is 8.01. The Kier molecular flexibility index (Phi) is 6.95. The second-order valence-corrected chi connectivity index (χ2v) is 5.42. The monoisotopic (exact) mass is 349 g/mol. The van der Waals surface area contributed by atoms with Crippen LogP contribution >= 0.6 is 0 Å². The van der Waals surface area contributed by atoms with Crippen molar-refractivity contribution in [3.05, 3.63) is 71.9 Å². The number of hydrogen-bond donors (Lipinski definition) is 2. The molecule has 0 spiro atoms. The second-order valence-electron chi connectivity index (χ2n) is 5.42. The van der Waals surface area contributed by atoms with Crippen LogP contribution in [0.4, 0.5) is 11.4 Å². The zero-order valence-corrected chi connectivity index (χ0v) is 14.4. The maximum absolute atomic E-state index is 12.0. The number of carbonyl (C=O) groups is 2. The summed E-state index contributed by atoms with van der Waals surface area (Å²) in [4.78, 5) is 23.3. The molecule has 0 radical (unpaired) electrons. The third-order valence-corrected chi connectivity index (χ3v) is 3.56. The molecule has 6 nitrogen and oxygen atoms in total. The van der Waals surface area contributed by atoms with Crippen LogP contribution in [0.1, 0.15) is 12.0 Å². The van der Waals surface area contributed by atoms with Crippen molar-refractivity contribution in [2.75, 3.05) is 17.7 Å². The van der Waals surface area contributed by atoms with Crippen LogP contribution in [-0.2, 0) is 20.7 Å². The molecule has 6 heteroatoms. The molecule has 0 heterocycles. The van der Waals surface area contributed by atoms with Crippen LogP contribution in [0.5, 0.6) is 0 Å². The molecule has 2 rings (SSSR count). The standard InChI is InChI=1S/C20H19N3O3/c1-26-20(25)16(13-21)14-22-17-8-10-18(11-9-17)23-19(24)12-7-15-5-3-2-4-6-15/h2-6,8-11,14,22H,7,12H2,1H3,(H,23,24)/b16-14-. The summed E-state index contributed by atoms with van der Waals surface area (Å²) in [5, 5.41) is 14.5. The number of nitrogens with zero attached hydrogens (tertiary/aromatic N) is 1. The van der Waals surface area contributed by atoms with Gasteiger partial charge in [0.05, 0.1) is 7.11 Å². The molecular formula is C20H19N3O3. The minimum absolute atomic E-state index is 0.0630. The van der Waals surface area contributed by atoms with Crippen molar-refractivity contribution >= 4 is 23.3 Å². The van der Waals surface area contributed by atoms with Crippen molar-refractivity contribution in [1.29, 1.82) is 5.26 Å². The lowest BCUT2D eigenvalue weighted by Crippen LogP contribution is -2.12. The molecule has 0 bridgehead atoms. The molecular weight excluding hydrogens is 330 g/mol. The van der Waals surface area contributed by atoms with Crippen LogP contribution in [0.2, 0.25) is 0 Å². The van der Waals surface area contributed by atoms with Crippen LogP contribution < -0.4 is 10.6 Å². The van der Waals surface area contributed by atoms with Crippen LogP contribution in [-0.4, -0.2) is 19.0 Å². The van der Waals surface area contributed by atoms with Gasteiger partial charge in [0.1, 0.15) is 6.07 Å². The Morgan fingerprint density at radius 2 is 1.73 bits per heavy atom. The van der Waals surface area contributed by atoms with Crippen molar-refractivity contribution in [2.45, 2.75) is 12.8 Å². The smallest absolute Gasteiger partial charge is 0.350 e. The van der Waals surface area contributed by atoms with Gasteiger partial charge in [-0.05, 0) is 36.2 Å². The van der Waals surface area contributed by atoms with Crippen molar-refractivity contribution in [3.63, 3.8) is 0 Å². The van der Waals surface area contributed by atoms with Gasteiger partial charge in [-0.3, -0.25) is 4.79 Å². The van der Waals surface area contributed by atoms with Crippen molar-refractivity contribution in [2.24, 2.45) is 0 Å². The van der Waals surface area contributed by atoms with Gasteiger partial charge in [-0.2, -0.15) is 5.26 Å². The number of esters is 1. The molecule has 0 saturated carbocycles. The summed E-state index contributed by atoms with van der Waals surface area (Å²) in [7, 11) is 1.21. The zero-order valence-electron chi connectivity index (χ0n) is 14.4. The molecule has 0 aliphatic rings. The van der Waals surface area contributed by atoms with Crippen LogP contribution in [0.15, 0.2) is 66.4 Å². The molecule has 0 atom stereocenters. The fraction of sp³-hybridized carbons (Fsp3) is 0.150. The van der Waals surface area contributed by atoms with Crippen LogP contribution in [0.3, 0.4) is 0 Å². The Hall–Kier alpha value is -3.59. The molecule has 0 fully saturated rings. The highest BCUT2D eigenvalue weighted by atomic mass is 16.5. The number of benzene rings is 2. The number of ether oxygens (including phenoxy) is 1. The molecule has 1 amide bonds. The van der Waals surface area contributed by atoms with E-state index >= 15 is 0 Å². The van der Waals surface area contributed by atoms with Gasteiger partial charge in [-0.1, -0.05) is 30.3 Å². The first-order valence-electron chi connectivity index (χ1n) is 8.01. The maximum Gasteiger partial charge on any atom is 0.350 e. The number of aryl methyl sites for hydroxylation is 1. The van der Waals surface area contributed by atoms with E-state index in [-0.39, 0.29) is 11.5 Å². The lowest BCUT2D eigenvalue weighted by molar-refractivity contribution is -0.135. The lowest BCUT2D eigenvalue weighted by Gasteiger charge is -2.07. The quantitative estimate of drug-likeness (QED) is 0.455. The van der Waals surface area contributed by atoms with Crippen LogP contribution in [0.25, 0.3) is 0 Å². The number of amides is 1. The van der Waals surface area contributed by atoms with E-state index in [4.69, 9.17) is 5.26 Å². The van der Waals surface area contributed by atoms with Crippen LogP contribution in [0, 0.1) is 11.3 Å². The fourth-order valence-electron chi connectivity index (χ4n) is 2.18. The number of methoxy groups -OCH3 is 1. The fourth-order valence-corrected chi connectivity index (χ4v) is 2.18. The lowest BCUT2D eigenvalue weighted by atomic mass is 10.1. The van der Waals surface area contributed by atoms with E-state index in [1.807, 2.05) is 30.3 Å². The molecule has 0 aliphatic heterocycles. The van der Waals surface area contributed by atoms with E-state index < -0.39 is 5.97 Å². The highest BCUT2D eigenvalue weighted by molar-refractivity contribution is 5.93. The Morgan fingerprint density at radius 3 is 2.35 bits per heavy atom. The van der Waals surface area contributed by atoms with Gasteiger partial charge in [0, 0.05) is 24.0 Å². The number of anilines is 2. The number of rotatable bonds is 7. The number of hydrogen-bond acceptors (Lipinski definition) is 5. The Labute approximate surface area is 152 Å². The van der Waals surface area contributed by atoms with E-state index in [1.165, 1.54) is 13.3 Å². The Morgan fingerprint density at radius 1 is 1.08 bits per heavy atom. The summed E-state index contributed by atoms with van der Waals surface area (Å²) >= 11 is 0. The van der Waals surface area contributed by atoms with Gasteiger partial charge in [0.2, 0.25) is 5.91 Å². The summed E-state index contributed by atoms with van der Waals surface area (Å²) < 4.78 is 4.49. The SMILES string of the molecule is COC(=O)/C(C#N)=C\Nc1ccc(NC(=O)CCc2ccccc2)cc1. The molecule has 132 valence electrons. The van der Waals surface area contributed by atoms with E-state index in [1.54, 1.807) is 30.3 Å². The summed E-state index contributed by atoms with van der Waals surface area (Å²) in [6.07, 6.45) is 2.36. The van der Waals surface area contributed by atoms with Crippen molar-refractivity contribution in [3.8, 4) is 6.07 Å². The van der Waals surface area contributed by atoms with Crippen molar-refractivity contribution < 1.29 is 14.3 Å². The molecule has 2 N–H and O–H groups in total. The first kappa shape index (κ1) is 18.7. The number of carbonyl (C=O) groups excluding carboxylic acids is 2. The van der Waals surface area contributed by atoms with Gasteiger partial charge < -0.3 is 15.4 Å². The average Bonchev–Trinajstić information content (AvgIpc) is 2.68. The van der Waals surface area contributed by atoms with E-state index in [0.29, 0.717) is 24.2 Å². The van der Waals surface area contributed by atoms with E-state index in [9.17, 15) is 9.59 Å².